The van der Waals surface area contributed by atoms with Crippen LogP contribution < -0.4 is 10.1 Å². The Kier molecular flexibility index (Phi) is 9.92. The number of pyridine rings is 1. The van der Waals surface area contributed by atoms with Crippen molar-refractivity contribution in [2.24, 2.45) is 0 Å². The molecule has 3 aromatic rings. The molecule has 0 bridgehead atoms. The minimum absolute atomic E-state index is 0.0859. The van der Waals surface area contributed by atoms with Gasteiger partial charge in [0.25, 0.3) is 12.3 Å². The lowest BCUT2D eigenvalue weighted by Gasteiger charge is -2.23. The molecule has 1 saturated carbocycles. The highest BCUT2D eigenvalue weighted by atomic mass is 35.5. The Morgan fingerprint density at radius 2 is 1.85 bits per heavy atom. The van der Waals surface area contributed by atoms with E-state index in [0.717, 1.165) is 44.2 Å². The molecule has 0 radical (unpaired) electrons. The molecule has 1 N–H and O–H groups in total. The third-order valence-corrected chi connectivity index (χ3v) is 7.33. The van der Waals surface area contributed by atoms with Crippen LogP contribution in [0.1, 0.15) is 66.6 Å². The Balaban J connectivity index is 1.76. The van der Waals surface area contributed by atoms with Crippen molar-refractivity contribution < 1.29 is 18.3 Å². The number of hydrogen-bond donors (Lipinski definition) is 1. The number of aryl methyl sites for hydroxylation is 1. The van der Waals surface area contributed by atoms with E-state index in [1.807, 2.05) is 21.0 Å². The number of amides is 1. The molecular formula is C31H36ClF2N3O2. The van der Waals surface area contributed by atoms with Crippen LogP contribution >= 0.6 is 11.6 Å². The van der Waals surface area contributed by atoms with Gasteiger partial charge in [-0.2, -0.15) is 0 Å². The van der Waals surface area contributed by atoms with E-state index >= 15 is 0 Å². The van der Waals surface area contributed by atoms with Gasteiger partial charge in [-0.1, -0.05) is 60.7 Å². The van der Waals surface area contributed by atoms with E-state index in [1.54, 1.807) is 42.5 Å². The lowest BCUT2D eigenvalue weighted by Crippen LogP contribution is -2.36. The highest BCUT2D eigenvalue weighted by molar-refractivity contribution is 6.32. The highest BCUT2D eigenvalue weighted by Crippen LogP contribution is 2.39. The number of nitrogens with zero attached hydrogens (tertiary/aromatic N) is 2. The van der Waals surface area contributed by atoms with Crippen LogP contribution in [-0.4, -0.2) is 49.1 Å². The van der Waals surface area contributed by atoms with Crippen LogP contribution in [0.2, 0.25) is 5.02 Å². The molecule has 1 aromatic heterocycles. The van der Waals surface area contributed by atoms with E-state index in [9.17, 15) is 13.6 Å². The molecule has 8 heteroatoms. The van der Waals surface area contributed by atoms with Crippen molar-refractivity contribution in [1.29, 1.82) is 0 Å². The molecule has 0 spiro atoms. The largest absolute Gasteiger partial charge is 0.492 e. The van der Waals surface area contributed by atoms with Crippen molar-refractivity contribution in [1.82, 2.24) is 15.2 Å². The van der Waals surface area contributed by atoms with Gasteiger partial charge in [-0.05, 0) is 70.1 Å². The van der Waals surface area contributed by atoms with E-state index in [2.05, 4.69) is 10.2 Å². The molecule has 0 unspecified atom stereocenters. The van der Waals surface area contributed by atoms with Crippen molar-refractivity contribution in [2.45, 2.75) is 57.9 Å². The van der Waals surface area contributed by atoms with Gasteiger partial charge in [0.05, 0.1) is 17.3 Å². The second kappa shape index (κ2) is 13.4. The number of alkyl halides is 2. The van der Waals surface area contributed by atoms with Crippen LogP contribution in [-0.2, 0) is 0 Å². The molecule has 5 nitrogen and oxygen atoms in total. The van der Waals surface area contributed by atoms with Gasteiger partial charge in [-0.25, -0.2) is 13.8 Å². The molecule has 0 aliphatic heterocycles. The number of ether oxygens (including phenoxy) is 1. The van der Waals surface area contributed by atoms with Gasteiger partial charge in [-0.15, -0.1) is 0 Å². The minimum Gasteiger partial charge on any atom is -0.492 e. The van der Waals surface area contributed by atoms with E-state index in [1.165, 1.54) is 12.5 Å². The smallest absolute Gasteiger partial charge is 0.270 e. The van der Waals surface area contributed by atoms with E-state index in [0.29, 0.717) is 39.8 Å². The SMILES string of the molecule is Cc1ccc(C(F)F)c(-c2ccc(C(=O)NC3CCCCC3)nc2-c2ccc(Cl)c(OCCCN(C)C)c2)c1. The lowest BCUT2D eigenvalue weighted by atomic mass is 9.93. The molecule has 2 aromatic carbocycles. The average molecular weight is 556 g/mol. The Labute approximate surface area is 234 Å². The zero-order chi connectivity index (χ0) is 27.9. The van der Waals surface area contributed by atoms with Crippen LogP contribution in [0.3, 0.4) is 0 Å². The molecule has 39 heavy (non-hydrogen) atoms. The Bertz CT molecular complexity index is 1290. The summed E-state index contributed by atoms with van der Waals surface area (Å²) in [6.07, 6.45) is 3.41. The van der Waals surface area contributed by atoms with Gasteiger partial charge in [0.15, 0.2) is 0 Å². The molecule has 4 rings (SSSR count). The van der Waals surface area contributed by atoms with Gasteiger partial charge in [-0.3, -0.25) is 4.79 Å². The zero-order valence-corrected chi connectivity index (χ0v) is 23.5. The number of rotatable bonds is 10. The molecule has 1 heterocycles. The summed E-state index contributed by atoms with van der Waals surface area (Å²) >= 11 is 6.44. The van der Waals surface area contributed by atoms with Crippen molar-refractivity contribution in [3.63, 3.8) is 0 Å². The third-order valence-electron chi connectivity index (χ3n) is 7.01. The van der Waals surface area contributed by atoms with E-state index in [4.69, 9.17) is 21.3 Å². The Morgan fingerprint density at radius 3 is 2.56 bits per heavy atom. The summed E-state index contributed by atoms with van der Waals surface area (Å²) in [5.41, 5.74) is 2.96. The molecule has 208 valence electrons. The van der Waals surface area contributed by atoms with Crippen molar-refractivity contribution >= 4 is 17.5 Å². The number of nitrogens with one attached hydrogen (secondary N) is 1. The molecular weight excluding hydrogens is 520 g/mol. The molecule has 0 atom stereocenters. The summed E-state index contributed by atoms with van der Waals surface area (Å²) in [4.78, 5) is 20.0. The van der Waals surface area contributed by atoms with Crippen LogP contribution in [0.5, 0.6) is 5.75 Å². The fourth-order valence-electron chi connectivity index (χ4n) is 4.95. The average Bonchev–Trinajstić information content (AvgIpc) is 2.92. The first-order valence-corrected chi connectivity index (χ1v) is 13.9. The van der Waals surface area contributed by atoms with Gasteiger partial charge < -0.3 is 15.0 Å². The summed E-state index contributed by atoms with van der Waals surface area (Å²) in [7, 11) is 3.99. The van der Waals surface area contributed by atoms with Gasteiger partial charge in [0.2, 0.25) is 0 Å². The predicted molar refractivity (Wildman–Crippen MR) is 153 cm³/mol. The maximum absolute atomic E-state index is 14.1. The maximum atomic E-state index is 14.1. The molecule has 0 saturated heterocycles. The molecule has 1 aliphatic carbocycles. The number of carbonyl (C=O) groups is 1. The first-order chi connectivity index (χ1) is 18.7. The number of hydrogen-bond acceptors (Lipinski definition) is 4. The molecule has 1 fully saturated rings. The first kappa shape index (κ1) is 29.0. The molecule has 1 aliphatic rings. The number of carbonyl (C=O) groups excluding carboxylic acids is 1. The topological polar surface area (TPSA) is 54.5 Å². The normalized spacial score (nSPS) is 14.2. The summed E-state index contributed by atoms with van der Waals surface area (Å²) in [6.45, 7) is 3.20. The van der Waals surface area contributed by atoms with Crippen LogP contribution in [0.15, 0.2) is 48.5 Å². The Hall–Kier alpha value is -3.03. The number of benzene rings is 2. The Morgan fingerprint density at radius 1 is 1.08 bits per heavy atom. The van der Waals surface area contributed by atoms with Gasteiger partial charge >= 0.3 is 0 Å². The van der Waals surface area contributed by atoms with Crippen molar-refractivity contribution in [3.05, 3.63) is 70.4 Å². The minimum atomic E-state index is -2.66. The highest BCUT2D eigenvalue weighted by Gasteiger charge is 2.22. The van der Waals surface area contributed by atoms with E-state index < -0.39 is 6.43 Å². The van der Waals surface area contributed by atoms with Crippen molar-refractivity contribution in [2.75, 3.05) is 27.2 Å². The third kappa shape index (κ3) is 7.55. The summed E-state index contributed by atoms with van der Waals surface area (Å²) in [5, 5.41) is 3.55. The first-order valence-electron chi connectivity index (χ1n) is 13.5. The maximum Gasteiger partial charge on any atom is 0.270 e. The van der Waals surface area contributed by atoms with Crippen LogP contribution in [0, 0.1) is 6.92 Å². The lowest BCUT2D eigenvalue weighted by molar-refractivity contribution is 0.0922. The fourth-order valence-corrected chi connectivity index (χ4v) is 5.12. The second-order valence-electron chi connectivity index (χ2n) is 10.4. The number of halogens is 3. The summed E-state index contributed by atoms with van der Waals surface area (Å²) in [6, 6.07) is 13.6. The summed E-state index contributed by atoms with van der Waals surface area (Å²) < 4.78 is 34.1. The molecule has 1 amide bonds. The van der Waals surface area contributed by atoms with Gasteiger partial charge in [0, 0.05) is 29.3 Å². The van der Waals surface area contributed by atoms with Crippen LogP contribution in [0.25, 0.3) is 22.4 Å². The fraction of sp³-hybridized carbons (Fsp3) is 0.419. The zero-order valence-electron chi connectivity index (χ0n) is 22.8. The van der Waals surface area contributed by atoms with Crippen LogP contribution in [0.4, 0.5) is 8.78 Å². The second-order valence-corrected chi connectivity index (χ2v) is 10.9. The monoisotopic (exact) mass is 555 g/mol. The number of aromatic nitrogens is 1. The summed E-state index contributed by atoms with van der Waals surface area (Å²) in [5.74, 6) is 0.221. The van der Waals surface area contributed by atoms with Crippen molar-refractivity contribution in [3.8, 4) is 28.1 Å². The predicted octanol–water partition coefficient (Wildman–Crippen LogP) is 7.71. The van der Waals surface area contributed by atoms with E-state index in [-0.39, 0.29) is 23.2 Å². The standard InChI is InChI=1S/C31H36ClF2N3O2/c1-20-10-12-24(30(33)34)25(18-20)23-13-15-27(31(38)35-22-8-5-4-6-9-22)36-29(23)21-11-14-26(32)28(19-21)39-17-7-16-37(2)3/h10-15,18-19,22,30H,4-9,16-17H2,1-3H3,(H,35,38). The quantitative estimate of drug-likeness (QED) is 0.260. The van der Waals surface area contributed by atoms with Gasteiger partial charge in [0.1, 0.15) is 11.4 Å².